The van der Waals surface area contributed by atoms with Gasteiger partial charge in [0.2, 0.25) is 0 Å². The van der Waals surface area contributed by atoms with E-state index in [-0.39, 0.29) is 11.9 Å². The molecular formula is C15H19N3O2S. The van der Waals surface area contributed by atoms with Crippen LogP contribution in [0.25, 0.3) is 0 Å². The Labute approximate surface area is 128 Å². The smallest absolute Gasteiger partial charge is 0.264 e. The molecule has 1 unspecified atom stereocenters. The zero-order chi connectivity index (χ0) is 14.8. The number of ether oxygens (including phenoxy) is 1. The van der Waals surface area contributed by atoms with Gasteiger partial charge in [0.1, 0.15) is 0 Å². The van der Waals surface area contributed by atoms with E-state index in [4.69, 9.17) is 4.74 Å². The van der Waals surface area contributed by atoms with Gasteiger partial charge in [-0.3, -0.25) is 9.48 Å². The highest BCUT2D eigenvalue weighted by Crippen LogP contribution is 2.31. The van der Waals surface area contributed by atoms with Gasteiger partial charge in [0.05, 0.1) is 29.4 Å². The summed E-state index contributed by atoms with van der Waals surface area (Å²) in [5.74, 6) is 0.0848. The van der Waals surface area contributed by atoms with E-state index in [1.807, 2.05) is 33.3 Å². The van der Waals surface area contributed by atoms with Crippen LogP contribution in [0, 0.1) is 0 Å². The van der Waals surface area contributed by atoms with Gasteiger partial charge in [0.25, 0.3) is 5.91 Å². The Morgan fingerprint density at radius 2 is 2.43 bits per heavy atom. The van der Waals surface area contributed by atoms with Crippen LogP contribution in [0.4, 0.5) is 0 Å². The summed E-state index contributed by atoms with van der Waals surface area (Å²) in [6.45, 7) is 4.08. The second-order valence-corrected chi connectivity index (χ2v) is 6.02. The molecule has 5 nitrogen and oxygen atoms in total. The number of aromatic nitrogens is 2. The monoisotopic (exact) mass is 305 g/mol. The largest absolute Gasteiger partial charge is 0.382 e. The van der Waals surface area contributed by atoms with Crippen molar-refractivity contribution in [3.63, 3.8) is 0 Å². The molecule has 0 saturated heterocycles. The van der Waals surface area contributed by atoms with E-state index >= 15 is 0 Å². The van der Waals surface area contributed by atoms with Gasteiger partial charge in [-0.05, 0) is 30.4 Å². The van der Waals surface area contributed by atoms with Crippen molar-refractivity contribution in [1.29, 1.82) is 0 Å². The number of hydrogen-bond acceptors (Lipinski definition) is 4. The molecule has 0 aromatic carbocycles. The van der Waals surface area contributed by atoms with Crippen LogP contribution in [0.15, 0.2) is 23.7 Å². The van der Waals surface area contributed by atoms with Gasteiger partial charge >= 0.3 is 0 Å². The number of rotatable bonds is 4. The molecule has 0 fully saturated rings. The third kappa shape index (κ3) is 2.49. The predicted octanol–water partition coefficient (Wildman–Crippen LogP) is 2.35. The van der Waals surface area contributed by atoms with E-state index in [0.29, 0.717) is 13.2 Å². The van der Waals surface area contributed by atoms with Crippen LogP contribution in [0.1, 0.15) is 33.9 Å². The van der Waals surface area contributed by atoms with Crippen molar-refractivity contribution < 1.29 is 9.53 Å². The standard InChI is InChI=1S/C15H19N3O2S/c1-3-18-14-11(9-16-18)6-7-17(12(14)10-20-2)15(19)13-5-4-8-21-13/h4-5,8-9,12H,3,6-7,10H2,1-2H3. The molecule has 2 aromatic heterocycles. The number of fused-ring (bicyclic) bond motifs is 1. The van der Waals surface area contributed by atoms with E-state index in [9.17, 15) is 4.79 Å². The number of nitrogens with zero attached hydrogens (tertiary/aromatic N) is 3. The van der Waals surface area contributed by atoms with Gasteiger partial charge in [-0.2, -0.15) is 5.10 Å². The van der Waals surface area contributed by atoms with Crippen molar-refractivity contribution in [2.45, 2.75) is 25.9 Å². The van der Waals surface area contributed by atoms with E-state index in [1.54, 1.807) is 7.11 Å². The molecule has 0 bridgehead atoms. The molecule has 1 amide bonds. The van der Waals surface area contributed by atoms with Gasteiger partial charge in [0.15, 0.2) is 0 Å². The minimum Gasteiger partial charge on any atom is -0.382 e. The summed E-state index contributed by atoms with van der Waals surface area (Å²) >= 11 is 1.48. The molecule has 1 aliphatic heterocycles. The molecule has 0 spiro atoms. The van der Waals surface area contributed by atoms with E-state index in [2.05, 4.69) is 12.0 Å². The molecule has 3 heterocycles. The fourth-order valence-corrected chi connectivity index (χ4v) is 3.60. The predicted molar refractivity (Wildman–Crippen MR) is 81.6 cm³/mol. The summed E-state index contributed by atoms with van der Waals surface area (Å²) in [6.07, 6.45) is 2.78. The lowest BCUT2D eigenvalue weighted by Crippen LogP contribution is -2.42. The fourth-order valence-electron chi connectivity index (χ4n) is 2.92. The molecule has 6 heteroatoms. The van der Waals surface area contributed by atoms with Crippen LogP contribution in [-0.4, -0.2) is 40.8 Å². The molecule has 0 aliphatic carbocycles. The van der Waals surface area contributed by atoms with Crippen molar-refractivity contribution in [2.24, 2.45) is 0 Å². The van der Waals surface area contributed by atoms with Gasteiger partial charge in [-0.1, -0.05) is 6.07 Å². The molecule has 21 heavy (non-hydrogen) atoms. The number of hydrogen-bond donors (Lipinski definition) is 0. The SMILES string of the molecule is CCn1ncc2c1C(COC)N(C(=O)c1cccs1)CC2. The minimum absolute atomic E-state index is 0.0594. The van der Waals surface area contributed by atoms with Crippen molar-refractivity contribution in [3.8, 4) is 0 Å². The van der Waals surface area contributed by atoms with Gasteiger partial charge in [0, 0.05) is 20.2 Å². The van der Waals surface area contributed by atoms with Crippen molar-refractivity contribution >= 4 is 17.2 Å². The Kier molecular flexibility index (Phi) is 4.07. The summed E-state index contributed by atoms with van der Waals surface area (Å²) in [5.41, 5.74) is 2.35. The maximum absolute atomic E-state index is 12.7. The lowest BCUT2D eigenvalue weighted by Gasteiger charge is -2.35. The third-order valence-electron chi connectivity index (χ3n) is 3.89. The van der Waals surface area contributed by atoms with Crippen LogP contribution < -0.4 is 0 Å². The van der Waals surface area contributed by atoms with E-state index in [1.165, 1.54) is 16.9 Å². The first-order valence-electron chi connectivity index (χ1n) is 7.14. The Morgan fingerprint density at radius 1 is 1.57 bits per heavy atom. The summed E-state index contributed by atoms with van der Waals surface area (Å²) in [6, 6.07) is 3.73. The molecule has 1 atom stereocenters. The highest BCUT2D eigenvalue weighted by atomic mass is 32.1. The fraction of sp³-hybridized carbons (Fsp3) is 0.467. The molecule has 2 aromatic rings. The van der Waals surface area contributed by atoms with Crippen LogP contribution in [0.3, 0.4) is 0 Å². The normalized spacial score (nSPS) is 17.8. The summed E-state index contributed by atoms with van der Waals surface area (Å²) in [5, 5.41) is 6.37. The molecule has 3 rings (SSSR count). The van der Waals surface area contributed by atoms with Crippen molar-refractivity contribution in [2.75, 3.05) is 20.3 Å². The topological polar surface area (TPSA) is 47.4 Å². The zero-order valence-corrected chi connectivity index (χ0v) is 13.1. The first-order chi connectivity index (χ1) is 10.3. The quantitative estimate of drug-likeness (QED) is 0.871. The van der Waals surface area contributed by atoms with Gasteiger partial charge in [-0.25, -0.2) is 0 Å². The molecule has 1 aliphatic rings. The first-order valence-corrected chi connectivity index (χ1v) is 8.02. The average molecular weight is 305 g/mol. The van der Waals surface area contributed by atoms with Crippen molar-refractivity contribution in [3.05, 3.63) is 39.8 Å². The Hall–Kier alpha value is -1.66. The number of thiophene rings is 1. The van der Waals surface area contributed by atoms with Gasteiger partial charge in [-0.15, -0.1) is 11.3 Å². The van der Waals surface area contributed by atoms with Gasteiger partial charge < -0.3 is 9.64 Å². The Morgan fingerprint density at radius 3 is 3.10 bits per heavy atom. The van der Waals surface area contributed by atoms with E-state index < -0.39 is 0 Å². The van der Waals surface area contributed by atoms with Crippen LogP contribution in [-0.2, 0) is 17.7 Å². The molecule has 0 saturated carbocycles. The molecular weight excluding hydrogens is 286 g/mol. The second-order valence-electron chi connectivity index (χ2n) is 5.07. The maximum Gasteiger partial charge on any atom is 0.264 e. The minimum atomic E-state index is -0.0594. The summed E-state index contributed by atoms with van der Waals surface area (Å²) in [7, 11) is 1.68. The lowest BCUT2D eigenvalue weighted by atomic mass is 10.00. The zero-order valence-electron chi connectivity index (χ0n) is 12.3. The Bertz CT molecular complexity index is 607. The molecule has 0 radical (unpaired) electrons. The summed E-state index contributed by atoms with van der Waals surface area (Å²) < 4.78 is 7.35. The molecule has 0 N–H and O–H groups in total. The number of carbonyl (C=O) groups is 1. The highest BCUT2D eigenvalue weighted by molar-refractivity contribution is 7.12. The van der Waals surface area contributed by atoms with E-state index in [0.717, 1.165) is 23.5 Å². The first kappa shape index (κ1) is 14.3. The summed E-state index contributed by atoms with van der Waals surface area (Å²) in [4.78, 5) is 15.4. The van der Waals surface area contributed by atoms with Crippen LogP contribution in [0.5, 0.6) is 0 Å². The molecule has 112 valence electrons. The van der Waals surface area contributed by atoms with Crippen molar-refractivity contribution in [1.82, 2.24) is 14.7 Å². The third-order valence-corrected chi connectivity index (χ3v) is 4.75. The van der Waals surface area contributed by atoms with Crippen LogP contribution in [0.2, 0.25) is 0 Å². The number of carbonyl (C=O) groups excluding carboxylic acids is 1. The number of aryl methyl sites for hydroxylation is 1. The lowest BCUT2D eigenvalue weighted by molar-refractivity contribution is 0.0487. The van der Waals surface area contributed by atoms with Crippen LogP contribution >= 0.6 is 11.3 Å². The average Bonchev–Trinajstić information content (AvgIpc) is 3.16. The highest BCUT2D eigenvalue weighted by Gasteiger charge is 2.34. The Balaban J connectivity index is 1.96. The number of methoxy groups -OCH3 is 1. The maximum atomic E-state index is 12.7. The number of amides is 1. The second kappa shape index (κ2) is 5.99.